The van der Waals surface area contributed by atoms with Crippen LogP contribution in [-0.2, 0) is 4.79 Å². The van der Waals surface area contributed by atoms with Crippen molar-refractivity contribution < 1.29 is 4.79 Å². The number of hydrogen-bond acceptors (Lipinski definition) is 2. The van der Waals surface area contributed by atoms with Crippen LogP contribution in [0.15, 0.2) is 18.5 Å². The summed E-state index contributed by atoms with van der Waals surface area (Å²) in [5, 5.41) is 4.27. The second kappa shape index (κ2) is 4.51. The molecule has 0 unspecified atom stereocenters. The molecule has 0 saturated carbocycles. The minimum Gasteiger partial charge on any atom is -0.342 e. The van der Waals surface area contributed by atoms with Crippen molar-refractivity contribution in [1.29, 1.82) is 0 Å². The first-order valence-electron chi connectivity index (χ1n) is 6.27. The molecule has 1 saturated heterocycles. The Morgan fingerprint density at radius 3 is 2.41 bits per heavy atom. The van der Waals surface area contributed by atoms with Gasteiger partial charge in [0.25, 0.3) is 0 Å². The van der Waals surface area contributed by atoms with Gasteiger partial charge in [0.1, 0.15) is 0 Å². The molecule has 1 aliphatic rings. The van der Waals surface area contributed by atoms with E-state index in [1.165, 1.54) is 0 Å². The van der Waals surface area contributed by atoms with Gasteiger partial charge >= 0.3 is 0 Å². The molecule has 1 aromatic rings. The van der Waals surface area contributed by atoms with Crippen LogP contribution in [0.3, 0.4) is 0 Å². The van der Waals surface area contributed by atoms with Crippen molar-refractivity contribution in [3.8, 4) is 0 Å². The van der Waals surface area contributed by atoms with Gasteiger partial charge in [0, 0.05) is 30.9 Å². The lowest BCUT2D eigenvalue weighted by Crippen LogP contribution is -2.44. The summed E-state index contributed by atoms with van der Waals surface area (Å²) >= 11 is 0. The molecular weight excluding hydrogens is 214 g/mol. The molecule has 0 aromatic carbocycles. The van der Waals surface area contributed by atoms with Crippen molar-refractivity contribution in [1.82, 2.24) is 14.7 Å². The Morgan fingerprint density at radius 2 is 1.94 bits per heavy atom. The average molecular weight is 235 g/mol. The normalized spacial score (nSPS) is 18.4. The van der Waals surface area contributed by atoms with Crippen molar-refractivity contribution in [3.05, 3.63) is 18.5 Å². The molecule has 1 amide bonds. The van der Waals surface area contributed by atoms with Crippen molar-refractivity contribution in [3.63, 3.8) is 0 Å². The third-order valence-corrected chi connectivity index (χ3v) is 3.29. The Balaban J connectivity index is 1.93. The largest absolute Gasteiger partial charge is 0.342 e. The Bertz CT molecular complexity index is 370. The van der Waals surface area contributed by atoms with E-state index in [1.807, 2.05) is 48.8 Å². The molecule has 1 aliphatic heterocycles. The molecule has 0 radical (unpaired) electrons. The van der Waals surface area contributed by atoms with Crippen LogP contribution >= 0.6 is 0 Å². The summed E-state index contributed by atoms with van der Waals surface area (Å²) in [6.45, 7) is 7.64. The predicted octanol–water partition coefficient (Wildman–Crippen LogP) is 2.09. The zero-order valence-corrected chi connectivity index (χ0v) is 10.9. The summed E-state index contributed by atoms with van der Waals surface area (Å²) in [5.41, 5.74) is -0.265. The van der Waals surface area contributed by atoms with Gasteiger partial charge in [-0.25, -0.2) is 0 Å². The highest BCUT2D eigenvalue weighted by Crippen LogP contribution is 2.25. The highest BCUT2D eigenvalue weighted by atomic mass is 16.2. The lowest BCUT2D eigenvalue weighted by Gasteiger charge is -2.35. The van der Waals surface area contributed by atoms with Gasteiger partial charge in [-0.3, -0.25) is 9.48 Å². The van der Waals surface area contributed by atoms with E-state index in [0.717, 1.165) is 25.9 Å². The molecule has 4 heteroatoms. The van der Waals surface area contributed by atoms with Gasteiger partial charge < -0.3 is 4.90 Å². The van der Waals surface area contributed by atoms with Gasteiger partial charge in [-0.2, -0.15) is 5.10 Å². The monoisotopic (exact) mass is 235 g/mol. The minimum absolute atomic E-state index is 0.261. The number of carbonyl (C=O) groups excluding carboxylic acids is 1. The van der Waals surface area contributed by atoms with Crippen LogP contribution in [0.4, 0.5) is 0 Å². The lowest BCUT2D eigenvalue weighted by atomic mass is 9.93. The fourth-order valence-corrected chi connectivity index (χ4v) is 2.30. The number of rotatable bonds is 1. The third kappa shape index (κ3) is 2.68. The maximum Gasteiger partial charge on any atom is 0.227 e. The van der Waals surface area contributed by atoms with Gasteiger partial charge in [-0.15, -0.1) is 0 Å². The SMILES string of the molecule is CC(C)(C)C(=O)N1CCC(n2cccn2)CC1. The van der Waals surface area contributed by atoms with E-state index in [0.29, 0.717) is 6.04 Å². The van der Waals surface area contributed by atoms with E-state index in [9.17, 15) is 4.79 Å². The maximum absolute atomic E-state index is 12.1. The highest BCUT2D eigenvalue weighted by Gasteiger charge is 2.30. The van der Waals surface area contributed by atoms with Gasteiger partial charge in [0.2, 0.25) is 5.91 Å². The summed E-state index contributed by atoms with van der Waals surface area (Å²) in [6, 6.07) is 2.40. The van der Waals surface area contributed by atoms with Crippen molar-refractivity contribution in [2.45, 2.75) is 39.7 Å². The van der Waals surface area contributed by atoms with Crippen molar-refractivity contribution in [2.75, 3.05) is 13.1 Å². The summed E-state index contributed by atoms with van der Waals surface area (Å²) < 4.78 is 2.01. The number of likely N-dealkylation sites (tertiary alicyclic amines) is 1. The molecule has 2 rings (SSSR count). The standard InChI is InChI=1S/C13H21N3O/c1-13(2,3)12(17)15-9-5-11(6-10-15)16-8-4-7-14-16/h4,7-8,11H,5-6,9-10H2,1-3H3. The zero-order valence-electron chi connectivity index (χ0n) is 10.9. The number of aromatic nitrogens is 2. The number of nitrogens with zero attached hydrogens (tertiary/aromatic N) is 3. The summed E-state index contributed by atoms with van der Waals surface area (Å²) in [7, 11) is 0. The van der Waals surface area contributed by atoms with Gasteiger partial charge in [-0.05, 0) is 18.9 Å². The number of piperidine rings is 1. The first kappa shape index (κ1) is 12.1. The molecule has 0 spiro atoms. The quantitative estimate of drug-likeness (QED) is 0.747. The molecule has 1 aromatic heterocycles. The molecule has 0 bridgehead atoms. The van der Waals surface area contributed by atoms with Crippen LogP contribution in [0.25, 0.3) is 0 Å². The van der Waals surface area contributed by atoms with E-state index >= 15 is 0 Å². The number of carbonyl (C=O) groups is 1. The fraction of sp³-hybridized carbons (Fsp3) is 0.692. The molecule has 1 fully saturated rings. The molecule has 0 N–H and O–H groups in total. The number of amides is 1. The highest BCUT2D eigenvalue weighted by molar-refractivity contribution is 5.81. The van der Waals surface area contributed by atoms with Gasteiger partial charge in [0.15, 0.2) is 0 Å². The summed E-state index contributed by atoms with van der Waals surface area (Å²) in [6.07, 6.45) is 5.82. The van der Waals surface area contributed by atoms with Gasteiger partial charge in [0.05, 0.1) is 6.04 Å². The lowest BCUT2D eigenvalue weighted by molar-refractivity contribution is -0.140. The zero-order chi connectivity index (χ0) is 12.5. The topological polar surface area (TPSA) is 38.1 Å². The number of hydrogen-bond donors (Lipinski definition) is 0. The second-order valence-electron chi connectivity index (χ2n) is 5.76. The van der Waals surface area contributed by atoms with Gasteiger partial charge in [-0.1, -0.05) is 20.8 Å². The molecular formula is C13H21N3O. The first-order valence-corrected chi connectivity index (χ1v) is 6.27. The van der Waals surface area contributed by atoms with E-state index in [-0.39, 0.29) is 11.3 Å². The van der Waals surface area contributed by atoms with Crippen LogP contribution < -0.4 is 0 Å². The molecule has 17 heavy (non-hydrogen) atoms. The Kier molecular flexibility index (Phi) is 3.22. The van der Waals surface area contributed by atoms with Crippen LogP contribution in [0.2, 0.25) is 0 Å². The second-order valence-corrected chi connectivity index (χ2v) is 5.76. The smallest absolute Gasteiger partial charge is 0.227 e. The molecule has 4 nitrogen and oxygen atoms in total. The van der Waals surface area contributed by atoms with E-state index in [4.69, 9.17) is 0 Å². The molecule has 2 heterocycles. The Hall–Kier alpha value is -1.32. The predicted molar refractivity (Wildman–Crippen MR) is 66.5 cm³/mol. The summed E-state index contributed by atoms with van der Waals surface area (Å²) in [4.78, 5) is 14.1. The van der Waals surface area contributed by atoms with Crippen LogP contribution in [0.5, 0.6) is 0 Å². The first-order chi connectivity index (χ1) is 7.98. The Morgan fingerprint density at radius 1 is 1.29 bits per heavy atom. The van der Waals surface area contributed by atoms with E-state index < -0.39 is 0 Å². The molecule has 0 atom stereocenters. The Labute approximate surface area is 103 Å². The van der Waals surface area contributed by atoms with Crippen molar-refractivity contribution >= 4 is 5.91 Å². The van der Waals surface area contributed by atoms with Crippen LogP contribution in [0.1, 0.15) is 39.7 Å². The van der Waals surface area contributed by atoms with E-state index in [2.05, 4.69) is 5.10 Å². The average Bonchev–Trinajstić information content (AvgIpc) is 2.80. The fourth-order valence-electron chi connectivity index (χ4n) is 2.30. The van der Waals surface area contributed by atoms with E-state index in [1.54, 1.807) is 0 Å². The third-order valence-electron chi connectivity index (χ3n) is 3.29. The minimum atomic E-state index is -0.265. The van der Waals surface area contributed by atoms with Crippen LogP contribution in [-0.4, -0.2) is 33.7 Å². The molecule has 0 aliphatic carbocycles. The molecule has 94 valence electrons. The summed E-state index contributed by atoms with van der Waals surface area (Å²) in [5.74, 6) is 0.261. The van der Waals surface area contributed by atoms with Crippen molar-refractivity contribution in [2.24, 2.45) is 5.41 Å². The van der Waals surface area contributed by atoms with Crippen LogP contribution in [0, 0.1) is 5.41 Å². The maximum atomic E-state index is 12.1.